The Labute approximate surface area is 139 Å². The summed E-state index contributed by atoms with van der Waals surface area (Å²) < 4.78 is 5.08. The minimum Gasteiger partial charge on any atom is -0.465 e. The van der Waals surface area contributed by atoms with Gasteiger partial charge in [-0.25, -0.2) is 10.2 Å². The predicted octanol–water partition coefficient (Wildman–Crippen LogP) is 2.84. The molecule has 1 atom stereocenters. The van der Waals surface area contributed by atoms with E-state index in [0.717, 1.165) is 16.8 Å². The Morgan fingerprint density at radius 3 is 3.04 bits per heavy atom. The molecule has 5 nitrogen and oxygen atoms in total. The number of carbonyl (C=O) groups excluding carboxylic acids is 1. The van der Waals surface area contributed by atoms with Gasteiger partial charge in [0.2, 0.25) is 0 Å². The molecule has 0 spiro atoms. The van der Waals surface area contributed by atoms with E-state index in [-0.39, 0.29) is 5.97 Å². The lowest BCUT2D eigenvalue weighted by molar-refractivity contribution is -0.144. The molecule has 0 radical (unpaired) electrons. The Bertz CT molecular complexity index is 740. The first-order valence-electron chi connectivity index (χ1n) is 7.49. The third kappa shape index (κ3) is 3.13. The Balaban J connectivity index is 1.91. The van der Waals surface area contributed by atoms with E-state index in [1.165, 1.54) is 9.75 Å². The topological polar surface area (TPSA) is 54.5 Å². The summed E-state index contributed by atoms with van der Waals surface area (Å²) in [5, 5.41) is 1.88. The highest BCUT2D eigenvalue weighted by Crippen LogP contribution is 2.36. The van der Waals surface area contributed by atoms with Crippen LogP contribution in [0, 0.1) is 6.92 Å². The van der Waals surface area contributed by atoms with Crippen LogP contribution >= 0.6 is 11.3 Å². The number of esters is 1. The number of carbonyl (C=O) groups is 1. The molecule has 1 N–H and O–H groups in total. The van der Waals surface area contributed by atoms with Crippen LogP contribution in [0.2, 0.25) is 0 Å². The summed E-state index contributed by atoms with van der Waals surface area (Å²) in [5.74, 6) is -0.255. The normalized spacial score (nSPS) is 17.3. The Morgan fingerprint density at radius 1 is 1.52 bits per heavy atom. The third-order valence-electron chi connectivity index (χ3n) is 3.70. The molecule has 3 heterocycles. The van der Waals surface area contributed by atoms with Crippen molar-refractivity contribution >= 4 is 23.0 Å². The molecule has 6 heteroatoms. The van der Waals surface area contributed by atoms with Crippen LogP contribution in [0.5, 0.6) is 0 Å². The highest BCUT2D eigenvalue weighted by Gasteiger charge is 2.28. The SMILES string of the molecule is CCOC(=O)[C@H]1C=C(c2cc(-c3cccnc3)sc2C)N(C)N1. The highest BCUT2D eigenvalue weighted by molar-refractivity contribution is 7.15. The van der Waals surface area contributed by atoms with Gasteiger partial charge in [-0.05, 0) is 32.1 Å². The van der Waals surface area contributed by atoms with E-state index in [9.17, 15) is 4.79 Å². The van der Waals surface area contributed by atoms with Crippen molar-refractivity contribution in [3.05, 3.63) is 47.1 Å². The average Bonchev–Trinajstić information content (AvgIpc) is 3.11. The molecule has 2 aromatic heterocycles. The molecule has 0 saturated heterocycles. The van der Waals surface area contributed by atoms with Crippen LogP contribution in [0.15, 0.2) is 36.7 Å². The second kappa shape index (κ2) is 6.52. The molecular formula is C17H19N3O2S. The zero-order valence-corrected chi connectivity index (χ0v) is 14.2. The minimum absolute atomic E-state index is 0.255. The summed E-state index contributed by atoms with van der Waals surface area (Å²) in [7, 11) is 1.91. The monoisotopic (exact) mass is 329 g/mol. The summed E-state index contributed by atoms with van der Waals surface area (Å²) in [6, 6.07) is 5.70. The minimum atomic E-state index is -0.434. The van der Waals surface area contributed by atoms with Gasteiger partial charge in [0.05, 0.1) is 12.3 Å². The fourth-order valence-corrected chi connectivity index (χ4v) is 3.61. The lowest BCUT2D eigenvalue weighted by Gasteiger charge is -2.18. The lowest BCUT2D eigenvalue weighted by atomic mass is 10.1. The molecule has 0 aliphatic carbocycles. The summed E-state index contributed by atoms with van der Waals surface area (Å²) in [6.07, 6.45) is 5.55. The summed E-state index contributed by atoms with van der Waals surface area (Å²) in [4.78, 5) is 18.5. The number of thiophene rings is 1. The second-order valence-corrected chi connectivity index (χ2v) is 6.55. The van der Waals surface area contributed by atoms with Crippen molar-refractivity contribution in [2.75, 3.05) is 13.7 Å². The largest absolute Gasteiger partial charge is 0.465 e. The molecule has 23 heavy (non-hydrogen) atoms. The number of rotatable bonds is 4. The molecule has 0 bridgehead atoms. The summed E-state index contributed by atoms with van der Waals surface area (Å²) in [5.41, 5.74) is 6.34. The second-order valence-electron chi connectivity index (χ2n) is 5.29. The van der Waals surface area contributed by atoms with Crippen molar-refractivity contribution in [3.8, 4) is 10.4 Å². The van der Waals surface area contributed by atoms with Crippen LogP contribution in [-0.4, -0.2) is 35.7 Å². The number of ether oxygens (including phenoxy) is 1. The van der Waals surface area contributed by atoms with Crippen LogP contribution in [0.3, 0.4) is 0 Å². The maximum atomic E-state index is 11.9. The fourth-order valence-electron chi connectivity index (χ4n) is 2.60. The first-order chi connectivity index (χ1) is 11.1. The zero-order chi connectivity index (χ0) is 16.4. The number of nitrogens with zero attached hydrogens (tertiary/aromatic N) is 2. The Hall–Kier alpha value is -2.18. The third-order valence-corrected chi connectivity index (χ3v) is 4.80. The van der Waals surface area contributed by atoms with Gasteiger partial charge >= 0.3 is 5.97 Å². The van der Waals surface area contributed by atoms with Gasteiger partial charge in [-0.1, -0.05) is 6.07 Å². The van der Waals surface area contributed by atoms with Crippen molar-refractivity contribution in [2.45, 2.75) is 19.9 Å². The fraction of sp³-hybridized carbons (Fsp3) is 0.294. The van der Waals surface area contributed by atoms with Gasteiger partial charge in [0.25, 0.3) is 0 Å². The van der Waals surface area contributed by atoms with Crippen molar-refractivity contribution in [2.24, 2.45) is 0 Å². The smallest absolute Gasteiger partial charge is 0.329 e. The maximum Gasteiger partial charge on any atom is 0.329 e. The van der Waals surface area contributed by atoms with E-state index in [1.807, 2.05) is 37.3 Å². The van der Waals surface area contributed by atoms with Crippen LogP contribution in [0.1, 0.15) is 17.4 Å². The summed E-state index contributed by atoms with van der Waals surface area (Å²) >= 11 is 1.72. The Kier molecular flexibility index (Phi) is 4.45. The van der Waals surface area contributed by atoms with Crippen LogP contribution < -0.4 is 5.43 Å². The number of nitrogens with one attached hydrogen (secondary N) is 1. The van der Waals surface area contributed by atoms with Crippen LogP contribution in [0.25, 0.3) is 16.1 Å². The number of hydrogen-bond acceptors (Lipinski definition) is 6. The van der Waals surface area contributed by atoms with Crippen molar-refractivity contribution < 1.29 is 9.53 Å². The van der Waals surface area contributed by atoms with Gasteiger partial charge in [0.1, 0.15) is 6.04 Å². The van der Waals surface area contributed by atoms with Crippen LogP contribution in [0.4, 0.5) is 0 Å². The van der Waals surface area contributed by atoms with E-state index in [0.29, 0.717) is 6.61 Å². The highest BCUT2D eigenvalue weighted by atomic mass is 32.1. The predicted molar refractivity (Wildman–Crippen MR) is 91.6 cm³/mol. The molecule has 3 rings (SSSR count). The molecule has 0 amide bonds. The van der Waals surface area contributed by atoms with Gasteiger partial charge in [-0.3, -0.25) is 4.98 Å². The number of aromatic nitrogens is 1. The van der Waals surface area contributed by atoms with Crippen molar-refractivity contribution in [1.29, 1.82) is 0 Å². The molecule has 0 unspecified atom stereocenters. The maximum absolute atomic E-state index is 11.9. The van der Waals surface area contributed by atoms with Gasteiger partial charge in [0.15, 0.2) is 0 Å². The van der Waals surface area contributed by atoms with Crippen LogP contribution in [-0.2, 0) is 9.53 Å². The molecule has 120 valence electrons. The lowest BCUT2D eigenvalue weighted by Crippen LogP contribution is -2.39. The molecule has 1 aliphatic rings. The number of pyridine rings is 1. The van der Waals surface area contributed by atoms with E-state index in [4.69, 9.17) is 4.74 Å². The van der Waals surface area contributed by atoms with E-state index >= 15 is 0 Å². The van der Waals surface area contributed by atoms with E-state index in [2.05, 4.69) is 29.5 Å². The summed E-state index contributed by atoms with van der Waals surface area (Å²) in [6.45, 7) is 4.28. The first-order valence-corrected chi connectivity index (χ1v) is 8.31. The van der Waals surface area contributed by atoms with Crippen molar-refractivity contribution in [3.63, 3.8) is 0 Å². The molecular weight excluding hydrogens is 310 g/mol. The van der Waals surface area contributed by atoms with E-state index in [1.54, 1.807) is 17.5 Å². The molecule has 2 aromatic rings. The molecule has 0 saturated carbocycles. The first kappa shape index (κ1) is 15.7. The quantitative estimate of drug-likeness (QED) is 0.874. The number of aryl methyl sites for hydroxylation is 1. The van der Waals surface area contributed by atoms with Gasteiger partial charge in [-0.2, -0.15) is 0 Å². The van der Waals surface area contributed by atoms with Gasteiger partial charge in [0, 0.05) is 40.3 Å². The molecule has 0 aromatic carbocycles. The van der Waals surface area contributed by atoms with Gasteiger partial charge < -0.3 is 9.75 Å². The number of hydrazine groups is 1. The van der Waals surface area contributed by atoms with Gasteiger partial charge in [-0.15, -0.1) is 11.3 Å². The van der Waals surface area contributed by atoms with E-state index < -0.39 is 6.04 Å². The average molecular weight is 329 g/mol. The molecule has 1 aliphatic heterocycles. The zero-order valence-electron chi connectivity index (χ0n) is 13.4. The molecule has 0 fully saturated rings. The number of hydrogen-bond donors (Lipinski definition) is 1. The Morgan fingerprint density at radius 2 is 2.35 bits per heavy atom. The van der Waals surface area contributed by atoms with Crippen molar-refractivity contribution in [1.82, 2.24) is 15.4 Å². The standard InChI is InChI=1S/C17H19N3O2S/c1-4-22-17(21)14-9-15(20(3)19-14)13-8-16(23-11(13)2)12-6-5-7-18-10-12/h5-10,14,19H,4H2,1-3H3/t14-/m1/s1.